The van der Waals surface area contributed by atoms with Crippen LogP contribution in [-0.4, -0.2) is 53.8 Å². The summed E-state index contributed by atoms with van der Waals surface area (Å²) >= 11 is 14.9. The summed E-state index contributed by atoms with van der Waals surface area (Å²) < 4.78 is 12.3. The number of rotatable bonds is 0. The van der Waals surface area contributed by atoms with Crippen LogP contribution in [0.25, 0.3) is 0 Å². The van der Waals surface area contributed by atoms with Crippen molar-refractivity contribution in [1.82, 2.24) is 9.80 Å². The molecule has 0 N–H and O–H groups in total. The molecule has 0 bridgehead atoms. The van der Waals surface area contributed by atoms with E-state index in [1.165, 1.54) is 0 Å². The first-order chi connectivity index (χ1) is 12.2. The highest BCUT2D eigenvalue weighted by molar-refractivity contribution is 14.1. The lowest BCUT2D eigenvalue weighted by atomic mass is 10.1. The van der Waals surface area contributed by atoms with Gasteiger partial charge in [-0.15, -0.1) is 0 Å². The van der Waals surface area contributed by atoms with Gasteiger partial charge in [0.15, 0.2) is 0 Å². The molecule has 2 aliphatic heterocycles. The summed E-state index contributed by atoms with van der Waals surface area (Å²) in [6.45, 7) is 8.98. The number of nitrogens with zero attached hydrogens (tertiary/aromatic N) is 2. The second-order valence-corrected chi connectivity index (χ2v) is 9.53. The van der Waals surface area contributed by atoms with Crippen LogP contribution in [0, 0.1) is 3.57 Å². The van der Waals surface area contributed by atoms with E-state index in [1.807, 2.05) is 26.8 Å². The van der Waals surface area contributed by atoms with Gasteiger partial charge in [-0.25, -0.2) is 4.79 Å². The van der Waals surface area contributed by atoms with Crippen molar-refractivity contribution in [3.63, 3.8) is 0 Å². The number of piperazine rings is 1. The minimum atomic E-state index is -0.484. The number of benzene rings is 1. The molecular formula is C18H23Cl2IN2O3. The number of carbonyl (C=O) groups excluding carboxylic acids is 1. The Bertz CT molecular complexity index is 709. The molecule has 5 nitrogen and oxygen atoms in total. The van der Waals surface area contributed by atoms with Gasteiger partial charge < -0.3 is 14.4 Å². The number of fused-ring (bicyclic) bond motifs is 2. The Morgan fingerprint density at radius 1 is 1.35 bits per heavy atom. The Morgan fingerprint density at radius 2 is 2.08 bits per heavy atom. The van der Waals surface area contributed by atoms with Gasteiger partial charge >= 0.3 is 6.09 Å². The lowest BCUT2D eigenvalue weighted by Gasteiger charge is -2.42. The summed E-state index contributed by atoms with van der Waals surface area (Å²) in [6.07, 6.45) is 0.579. The number of amides is 1. The maximum Gasteiger partial charge on any atom is 0.410 e. The molecule has 0 aliphatic carbocycles. The van der Waals surface area contributed by atoms with Crippen molar-refractivity contribution in [2.24, 2.45) is 0 Å². The van der Waals surface area contributed by atoms with Gasteiger partial charge in [-0.2, -0.15) is 0 Å². The van der Waals surface area contributed by atoms with Gasteiger partial charge in [0.25, 0.3) is 0 Å². The topological polar surface area (TPSA) is 42.0 Å². The molecule has 1 aromatic rings. The fourth-order valence-electron chi connectivity index (χ4n) is 3.28. The Hall–Kier alpha value is -0.440. The van der Waals surface area contributed by atoms with Gasteiger partial charge in [0.05, 0.1) is 20.2 Å². The molecule has 0 radical (unpaired) electrons. The summed E-state index contributed by atoms with van der Waals surface area (Å²) in [5.41, 5.74) is 0.512. The lowest BCUT2D eigenvalue weighted by Crippen LogP contribution is -2.55. The van der Waals surface area contributed by atoms with E-state index in [4.69, 9.17) is 32.7 Å². The van der Waals surface area contributed by atoms with E-state index in [1.54, 1.807) is 4.90 Å². The Labute approximate surface area is 178 Å². The largest absolute Gasteiger partial charge is 0.492 e. The number of hydrogen-bond donors (Lipinski definition) is 0. The van der Waals surface area contributed by atoms with Crippen LogP contribution >= 0.6 is 45.8 Å². The SMILES string of the molecule is CC(C)(C)OC(=O)N1CCN2Cc3cc(Cl)c(I)c(Cl)c3OCC[C@H]2C1. The fraction of sp³-hybridized carbons (Fsp3) is 0.611. The quantitative estimate of drug-likeness (QED) is 0.370. The van der Waals surface area contributed by atoms with Crippen LogP contribution in [0.15, 0.2) is 6.07 Å². The predicted molar refractivity (Wildman–Crippen MR) is 111 cm³/mol. The highest BCUT2D eigenvalue weighted by atomic mass is 127. The molecule has 3 rings (SSSR count). The first-order valence-electron chi connectivity index (χ1n) is 8.67. The van der Waals surface area contributed by atoms with Gasteiger partial charge in [0, 0.05) is 37.8 Å². The second-order valence-electron chi connectivity index (χ2n) is 7.66. The van der Waals surface area contributed by atoms with Gasteiger partial charge in [0.2, 0.25) is 0 Å². The standard InChI is InChI=1S/C18H23Cl2IN2O3/c1-18(2,3)26-17(24)23-6-5-22-9-11-8-13(19)15(21)14(20)16(11)25-7-4-12(22)10-23/h8,12H,4-7,9-10H2,1-3H3/t12-/m0/s1. The normalized spacial score (nSPS) is 21.2. The zero-order valence-electron chi connectivity index (χ0n) is 15.2. The lowest BCUT2D eigenvalue weighted by molar-refractivity contribution is -0.00193. The fourth-order valence-corrected chi connectivity index (χ4v) is 4.24. The van der Waals surface area contributed by atoms with E-state index in [2.05, 4.69) is 27.5 Å². The van der Waals surface area contributed by atoms with Crippen molar-refractivity contribution in [2.75, 3.05) is 26.2 Å². The van der Waals surface area contributed by atoms with Crippen LogP contribution in [0.4, 0.5) is 4.79 Å². The molecule has 144 valence electrons. The molecule has 2 heterocycles. The van der Waals surface area contributed by atoms with Gasteiger partial charge in [0.1, 0.15) is 11.4 Å². The van der Waals surface area contributed by atoms with Crippen molar-refractivity contribution in [1.29, 1.82) is 0 Å². The van der Waals surface area contributed by atoms with E-state index in [-0.39, 0.29) is 12.1 Å². The zero-order valence-corrected chi connectivity index (χ0v) is 18.8. The van der Waals surface area contributed by atoms with Crippen LogP contribution in [0.2, 0.25) is 10.0 Å². The summed E-state index contributed by atoms with van der Waals surface area (Å²) in [6, 6.07) is 2.16. The number of ether oxygens (including phenoxy) is 2. The van der Waals surface area contributed by atoms with E-state index in [0.717, 1.165) is 27.8 Å². The average molecular weight is 513 g/mol. The van der Waals surface area contributed by atoms with Crippen LogP contribution in [-0.2, 0) is 11.3 Å². The molecule has 1 fully saturated rings. The van der Waals surface area contributed by atoms with Crippen LogP contribution in [0.3, 0.4) is 0 Å². The molecule has 1 atom stereocenters. The number of hydrogen-bond acceptors (Lipinski definition) is 4. The molecular weight excluding hydrogens is 490 g/mol. The zero-order chi connectivity index (χ0) is 19.1. The minimum Gasteiger partial charge on any atom is -0.492 e. The summed E-state index contributed by atoms with van der Waals surface area (Å²) in [7, 11) is 0. The summed E-state index contributed by atoms with van der Waals surface area (Å²) in [5.74, 6) is 0.730. The van der Waals surface area contributed by atoms with E-state index in [0.29, 0.717) is 36.3 Å². The Balaban J connectivity index is 1.75. The van der Waals surface area contributed by atoms with Crippen molar-refractivity contribution in [3.05, 3.63) is 25.2 Å². The first-order valence-corrected chi connectivity index (χ1v) is 10.5. The van der Waals surface area contributed by atoms with Gasteiger partial charge in [-0.1, -0.05) is 23.2 Å². The minimum absolute atomic E-state index is 0.223. The predicted octanol–water partition coefficient (Wildman–Crippen LogP) is 4.80. The van der Waals surface area contributed by atoms with Gasteiger partial charge in [-0.05, 0) is 55.8 Å². The third kappa shape index (κ3) is 4.51. The third-order valence-corrected chi connectivity index (χ3v) is 6.94. The van der Waals surface area contributed by atoms with E-state index < -0.39 is 5.60 Å². The Morgan fingerprint density at radius 3 is 2.77 bits per heavy atom. The smallest absolute Gasteiger partial charge is 0.410 e. The van der Waals surface area contributed by atoms with E-state index in [9.17, 15) is 4.79 Å². The molecule has 26 heavy (non-hydrogen) atoms. The maximum atomic E-state index is 12.4. The molecule has 1 amide bonds. The molecule has 0 spiro atoms. The van der Waals surface area contributed by atoms with Gasteiger partial charge in [-0.3, -0.25) is 4.90 Å². The highest BCUT2D eigenvalue weighted by Gasteiger charge is 2.33. The van der Waals surface area contributed by atoms with Crippen molar-refractivity contribution in [3.8, 4) is 5.75 Å². The van der Waals surface area contributed by atoms with E-state index >= 15 is 0 Å². The van der Waals surface area contributed by atoms with Crippen molar-refractivity contribution in [2.45, 2.75) is 45.4 Å². The molecule has 2 aliphatic rings. The second kappa shape index (κ2) is 7.89. The number of carbonyl (C=O) groups is 1. The average Bonchev–Trinajstić information content (AvgIpc) is 2.53. The highest BCUT2D eigenvalue weighted by Crippen LogP contribution is 2.39. The maximum absolute atomic E-state index is 12.4. The van der Waals surface area contributed by atoms with Crippen LogP contribution < -0.4 is 4.74 Å². The van der Waals surface area contributed by atoms with Crippen LogP contribution in [0.1, 0.15) is 32.8 Å². The number of halogens is 3. The van der Waals surface area contributed by atoms with Crippen LogP contribution in [0.5, 0.6) is 5.75 Å². The monoisotopic (exact) mass is 512 g/mol. The molecule has 1 aromatic carbocycles. The summed E-state index contributed by atoms with van der Waals surface area (Å²) in [5, 5.41) is 1.22. The molecule has 0 saturated carbocycles. The molecule has 1 saturated heterocycles. The molecule has 0 unspecified atom stereocenters. The first kappa shape index (κ1) is 20.3. The molecule has 0 aromatic heterocycles. The van der Waals surface area contributed by atoms with Crippen molar-refractivity contribution >= 4 is 51.9 Å². The summed E-state index contributed by atoms with van der Waals surface area (Å²) in [4.78, 5) is 16.6. The third-order valence-electron chi connectivity index (χ3n) is 4.52. The van der Waals surface area contributed by atoms with Crippen molar-refractivity contribution < 1.29 is 14.3 Å². The Kier molecular flexibility index (Phi) is 6.16. The molecule has 8 heteroatoms.